The highest BCUT2D eigenvalue weighted by molar-refractivity contribution is 6.30. The quantitative estimate of drug-likeness (QED) is 0.307. The second kappa shape index (κ2) is 10.6. The van der Waals surface area contributed by atoms with E-state index in [9.17, 15) is 14.4 Å². The molecule has 0 saturated heterocycles. The van der Waals surface area contributed by atoms with Gasteiger partial charge in [-0.3, -0.25) is 19.3 Å². The van der Waals surface area contributed by atoms with Crippen LogP contribution in [0.2, 0.25) is 5.02 Å². The largest absolute Gasteiger partial charge is 0.497 e. The molecule has 0 fully saturated rings. The minimum absolute atomic E-state index is 0.243. The van der Waals surface area contributed by atoms with Gasteiger partial charge >= 0.3 is 0 Å². The lowest BCUT2D eigenvalue weighted by Gasteiger charge is -2.24. The van der Waals surface area contributed by atoms with E-state index in [1.807, 2.05) is 0 Å². The molecule has 0 spiro atoms. The Morgan fingerprint density at radius 3 is 2.14 bits per heavy atom. The minimum atomic E-state index is -0.279. The summed E-state index contributed by atoms with van der Waals surface area (Å²) in [6.07, 6.45) is 1.11. The Labute approximate surface area is 208 Å². The summed E-state index contributed by atoms with van der Waals surface area (Å²) in [7, 11) is 3.05. The first-order chi connectivity index (χ1) is 16.9. The Morgan fingerprint density at radius 1 is 0.886 bits per heavy atom. The molecule has 0 saturated carbocycles. The summed E-state index contributed by atoms with van der Waals surface area (Å²) in [6.45, 7) is 0.652. The van der Waals surface area contributed by atoms with Gasteiger partial charge in [0.05, 0.1) is 30.9 Å². The standard InChI is InChI=1S/C27H25ClN2O5/c1-34-20-13-14-23(24(17-20)35-2)27(33)29(19-11-9-18(28)10-12-19)15-5-6-16-30-25(31)21-7-3-4-8-22(21)26(30)32/h3-4,7-14,17H,5-6,15-16H2,1-2H3. The molecule has 1 aliphatic rings. The maximum Gasteiger partial charge on any atom is 0.262 e. The van der Waals surface area contributed by atoms with Crippen LogP contribution in [0.3, 0.4) is 0 Å². The molecular formula is C27H25ClN2O5. The summed E-state index contributed by atoms with van der Waals surface area (Å²) < 4.78 is 10.7. The fourth-order valence-electron chi connectivity index (χ4n) is 4.07. The van der Waals surface area contributed by atoms with Crippen LogP contribution in [-0.2, 0) is 0 Å². The summed E-state index contributed by atoms with van der Waals surface area (Å²) in [5.41, 5.74) is 1.94. The molecule has 0 N–H and O–H groups in total. The highest BCUT2D eigenvalue weighted by Gasteiger charge is 2.34. The number of rotatable bonds is 9. The number of methoxy groups -OCH3 is 2. The number of ether oxygens (including phenoxy) is 2. The second-order valence-corrected chi connectivity index (χ2v) is 8.45. The van der Waals surface area contributed by atoms with Gasteiger partial charge in [-0.05, 0) is 61.4 Å². The van der Waals surface area contributed by atoms with E-state index in [2.05, 4.69) is 0 Å². The summed E-state index contributed by atoms with van der Waals surface area (Å²) in [5.74, 6) is 0.183. The average Bonchev–Trinajstić information content (AvgIpc) is 3.13. The number of hydrogen-bond donors (Lipinski definition) is 0. The molecule has 3 aromatic rings. The van der Waals surface area contributed by atoms with Gasteiger partial charge < -0.3 is 14.4 Å². The zero-order valence-corrected chi connectivity index (χ0v) is 20.2. The van der Waals surface area contributed by atoms with Crippen LogP contribution in [0.1, 0.15) is 43.9 Å². The number of nitrogens with zero attached hydrogens (tertiary/aromatic N) is 2. The van der Waals surface area contributed by atoms with Crippen LogP contribution in [0, 0.1) is 0 Å². The van der Waals surface area contributed by atoms with E-state index >= 15 is 0 Å². The van der Waals surface area contributed by atoms with Gasteiger partial charge in [0.2, 0.25) is 0 Å². The first-order valence-corrected chi connectivity index (χ1v) is 11.6. The van der Waals surface area contributed by atoms with Gasteiger partial charge in [0.15, 0.2) is 0 Å². The third kappa shape index (κ3) is 5.00. The van der Waals surface area contributed by atoms with Crippen molar-refractivity contribution in [2.75, 3.05) is 32.2 Å². The lowest BCUT2D eigenvalue weighted by molar-refractivity contribution is 0.0651. The summed E-state index contributed by atoms with van der Waals surface area (Å²) in [6, 6.07) is 18.9. The van der Waals surface area contributed by atoms with E-state index in [1.165, 1.54) is 12.0 Å². The maximum atomic E-state index is 13.6. The van der Waals surface area contributed by atoms with Crippen LogP contribution >= 0.6 is 11.6 Å². The molecule has 35 heavy (non-hydrogen) atoms. The number of hydrogen-bond acceptors (Lipinski definition) is 5. The van der Waals surface area contributed by atoms with Gasteiger partial charge in [-0.1, -0.05) is 23.7 Å². The average molecular weight is 493 g/mol. The van der Waals surface area contributed by atoms with Gasteiger partial charge in [-0.2, -0.15) is 0 Å². The van der Waals surface area contributed by atoms with Crippen LogP contribution in [0.15, 0.2) is 66.7 Å². The van der Waals surface area contributed by atoms with Crippen LogP contribution in [0.25, 0.3) is 0 Å². The molecule has 3 aromatic carbocycles. The smallest absolute Gasteiger partial charge is 0.262 e. The second-order valence-electron chi connectivity index (χ2n) is 8.01. The predicted octanol–water partition coefficient (Wildman–Crippen LogP) is 5.08. The van der Waals surface area contributed by atoms with Crippen molar-refractivity contribution in [1.82, 2.24) is 4.90 Å². The van der Waals surface area contributed by atoms with Crippen LogP contribution in [0.5, 0.6) is 11.5 Å². The molecular weight excluding hydrogens is 468 g/mol. The van der Waals surface area contributed by atoms with Crippen molar-refractivity contribution >= 4 is 35.0 Å². The van der Waals surface area contributed by atoms with E-state index in [1.54, 1.807) is 78.7 Å². The zero-order valence-electron chi connectivity index (χ0n) is 19.5. The predicted molar refractivity (Wildman–Crippen MR) is 134 cm³/mol. The number of amides is 3. The number of carbonyl (C=O) groups is 3. The van der Waals surface area contributed by atoms with Crippen molar-refractivity contribution < 1.29 is 23.9 Å². The fraction of sp³-hybridized carbons (Fsp3) is 0.222. The number of anilines is 1. The third-order valence-electron chi connectivity index (χ3n) is 5.91. The van der Waals surface area contributed by atoms with Gasteiger partial charge in [0.25, 0.3) is 17.7 Å². The Bertz CT molecular complexity index is 1220. The molecule has 0 unspecified atom stereocenters. The topological polar surface area (TPSA) is 76.2 Å². The number of imide groups is 1. The molecule has 0 radical (unpaired) electrons. The fourth-order valence-corrected chi connectivity index (χ4v) is 4.20. The zero-order chi connectivity index (χ0) is 24.9. The molecule has 0 aliphatic carbocycles. The molecule has 8 heteroatoms. The van der Waals surface area contributed by atoms with Gasteiger partial charge in [-0.15, -0.1) is 0 Å². The molecule has 7 nitrogen and oxygen atoms in total. The molecule has 180 valence electrons. The summed E-state index contributed by atoms with van der Waals surface area (Å²) in [5, 5.41) is 0.564. The number of benzene rings is 3. The van der Waals surface area contributed by atoms with Crippen molar-refractivity contribution in [3.8, 4) is 11.5 Å². The molecule has 0 atom stereocenters. The molecule has 1 aliphatic heterocycles. The molecule has 0 bridgehead atoms. The third-order valence-corrected chi connectivity index (χ3v) is 6.17. The van der Waals surface area contributed by atoms with Gasteiger partial charge in [0.1, 0.15) is 11.5 Å². The van der Waals surface area contributed by atoms with Gasteiger partial charge in [-0.25, -0.2) is 0 Å². The highest BCUT2D eigenvalue weighted by Crippen LogP contribution is 2.29. The lowest BCUT2D eigenvalue weighted by Crippen LogP contribution is -2.34. The Hall–Kier alpha value is -3.84. The monoisotopic (exact) mass is 492 g/mol. The van der Waals surface area contributed by atoms with Crippen molar-refractivity contribution in [2.24, 2.45) is 0 Å². The Balaban J connectivity index is 1.49. The first-order valence-electron chi connectivity index (χ1n) is 11.2. The van der Waals surface area contributed by atoms with Crippen molar-refractivity contribution in [3.63, 3.8) is 0 Å². The summed E-state index contributed by atoms with van der Waals surface area (Å²) >= 11 is 6.05. The van der Waals surface area contributed by atoms with Crippen LogP contribution in [0.4, 0.5) is 5.69 Å². The Kier molecular flexibility index (Phi) is 7.36. The van der Waals surface area contributed by atoms with E-state index in [0.29, 0.717) is 58.3 Å². The van der Waals surface area contributed by atoms with E-state index in [-0.39, 0.29) is 24.3 Å². The molecule has 4 rings (SSSR count). The van der Waals surface area contributed by atoms with E-state index in [0.717, 1.165) is 0 Å². The SMILES string of the molecule is COc1ccc(C(=O)N(CCCCN2C(=O)c3ccccc3C2=O)c2ccc(Cl)cc2)c(OC)c1. The van der Waals surface area contributed by atoms with Crippen LogP contribution < -0.4 is 14.4 Å². The highest BCUT2D eigenvalue weighted by atomic mass is 35.5. The molecule has 3 amide bonds. The summed E-state index contributed by atoms with van der Waals surface area (Å²) in [4.78, 5) is 41.7. The maximum absolute atomic E-state index is 13.6. The number of fused-ring (bicyclic) bond motifs is 1. The number of unbranched alkanes of at least 4 members (excludes halogenated alkanes) is 1. The lowest BCUT2D eigenvalue weighted by atomic mass is 10.1. The first kappa shape index (κ1) is 24.3. The van der Waals surface area contributed by atoms with E-state index in [4.69, 9.17) is 21.1 Å². The minimum Gasteiger partial charge on any atom is -0.497 e. The van der Waals surface area contributed by atoms with E-state index < -0.39 is 0 Å². The van der Waals surface area contributed by atoms with Crippen molar-refractivity contribution in [1.29, 1.82) is 0 Å². The van der Waals surface area contributed by atoms with Gasteiger partial charge in [0, 0.05) is 29.9 Å². The van der Waals surface area contributed by atoms with Crippen molar-refractivity contribution in [2.45, 2.75) is 12.8 Å². The Morgan fingerprint density at radius 2 is 1.54 bits per heavy atom. The number of carbonyl (C=O) groups excluding carboxylic acids is 3. The molecule has 1 heterocycles. The molecule has 0 aromatic heterocycles. The normalized spacial score (nSPS) is 12.5. The van der Waals surface area contributed by atoms with Crippen LogP contribution in [-0.4, -0.2) is 49.9 Å². The van der Waals surface area contributed by atoms with Crippen molar-refractivity contribution in [3.05, 3.63) is 88.4 Å². The number of halogens is 1.